The summed E-state index contributed by atoms with van der Waals surface area (Å²) in [5.41, 5.74) is 2.68. The number of halogens is 2. The highest BCUT2D eigenvalue weighted by molar-refractivity contribution is 6.06. The van der Waals surface area contributed by atoms with E-state index in [1.165, 1.54) is 42.9 Å². The molecule has 1 saturated carbocycles. The van der Waals surface area contributed by atoms with Gasteiger partial charge in [-0.3, -0.25) is 4.79 Å². The van der Waals surface area contributed by atoms with E-state index < -0.39 is 11.7 Å². The average molecular weight is 502 g/mol. The first kappa shape index (κ1) is 24.2. The molecule has 2 aromatic heterocycles. The Hall–Kier alpha value is -4.47. The van der Waals surface area contributed by atoms with Gasteiger partial charge in [-0.15, -0.1) is 0 Å². The van der Waals surface area contributed by atoms with E-state index in [-0.39, 0.29) is 23.8 Å². The fraction of sp³-hybridized carbons (Fsp3) is 0.222. The summed E-state index contributed by atoms with van der Waals surface area (Å²) < 4.78 is 27.3. The van der Waals surface area contributed by atoms with Gasteiger partial charge < -0.3 is 21.0 Å². The Labute approximate surface area is 211 Å². The highest BCUT2D eigenvalue weighted by atomic mass is 19.1. The molecule has 8 nitrogen and oxygen atoms in total. The van der Waals surface area contributed by atoms with Gasteiger partial charge in [-0.1, -0.05) is 12.8 Å². The number of imidazole rings is 1. The summed E-state index contributed by atoms with van der Waals surface area (Å²) in [6, 6.07) is 9.97. The van der Waals surface area contributed by atoms with Crippen LogP contribution in [0.3, 0.4) is 0 Å². The van der Waals surface area contributed by atoms with E-state index in [0.717, 1.165) is 31.5 Å². The van der Waals surface area contributed by atoms with Gasteiger partial charge in [-0.2, -0.15) is 0 Å². The van der Waals surface area contributed by atoms with Crippen LogP contribution >= 0.6 is 0 Å². The van der Waals surface area contributed by atoms with Crippen molar-refractivity contribution in [3.8, 4) is 0 Å². The molecule has 1 aliphatic rings. The number of rotatable bonds is 8. The second-order valence-corrected chi connectivity index (χ2v) is 8.95. The fourth-order valence-corrected chi connectivity index (χ4v) is 4.45. The normalized spacial score (nSPS) is 13.9. The molecule has 0 spiro atoms. The van der Waals surface area contributed by atoms with Crippen LogP contribution in [0.4, 0.5) is 14.5 Å². The number of aromatic nitrogens is 4. The van der Waals surface area contributed by atoms with Crippen molar-refractivity contribution in [1.82, 2.24) is 25.3 Å². The molecule has 5 rings (SSSR count). The van der Waals surface area contributed by atoms with Crippen LogP contribution in [-0.2, 0) is 6.54 Å². The molecule has 0 radical (unpaired) electrons. The van der Waals surface area contributed by atoms with Crippen molar-refractivity contribution in [1.29, 1.82) is 5.41 Å². The first-order valence-electron chi connectivity index (χ1n) is 12.0. The molecule has 10 heteroatoms. The molecule has 37 heavy (non-hydrogen) atoms. The number of allylic oxidation sites excluding steroid dienone is 1. The van der Waals surface area contributed by atoms with Crippen LogP contribution in [0.2, 0.25) is 0 Å². The van der Waals surface area contributed by atoms with Crippen molar-refractivity contribution in [2.24, 2.45) is 0 Å². The summed E-state index contributed by atoms with van der Waals surface area (Å²) in [5.74, 6) is -0.128. The van der Waals surface area contributed by atoms with E-state index in [0.29, 0.717) is 33.9 Å². The highest BCUT2D eigenvalue weighted by Gasteiger charge is 2.23. The molecule has 2 aromatic carbocycles. The molecule has 0 saturated heterocycles. The number of hydrogen-bond donors (Lipinski definition) is 4. The summed E-state index contributed by atoms with van der Waals surface area (Å²) in [6.45, 7) is 0.0452. The van der Waals surface area contributed by atoms with E-state index in [2.05, 4.69) is 30.6 Å². The van der Waals surface area contributed by atoms with Gasteiger partial charge in [0.25, 0.3) is 5.91 Å². The zero-order chi connectivity index (χ0) is 25.8. The number of benzene rings is 2. The van der Waals surface area contributed by atoms with Crippen molar-refractivity contribution in [2.45, 2.75) is 38.1 Å². The van der Waals surface area contributed by atoms with E-state index in [1.807, 2.05) is 0 Å². The average Bonchev–Trinajstić information content (AvgIpc) is 3.58. The van der Waals surface area contributed by atoms with Gasteiger partial charge in [0.15, 0.2) is 11.3 Å². The van der Waals surface area contributed by atoms with Crippen LogP contribution in [-0.4, -0.2) is 31.6 Å². The Morgan fingerprint density at radius 2 is 1.86 bits per heavy atom. The van der Waals surface area contributed by atoms with Gasteiger partial charge >= 0.3 is 0 Å². The molecule has 188 valence electrons. The van der Waals surface area contributed by atoms with Crippen LogP contribution in [0.25, 0.3) is 11.2 Å². The maximum Gasteiger partial charge on any atom is 0.272 e. The summed E-state index contributed by atoms with van der Waals surface area (Å²) in [5, 5.41) is 14.0. The number of carbonyl (C=O) groups is 1. The maximum absolute atomic E-state index is 14.3. The molecule has 4 aromatic rings. The van der Waals surface area contributed by atoms with Crippen molar-refractivity contribution in [3.63, 3.8) is 0 Å². The molecule has 0 bridgehead atoms. The monoisotopic (exact) mass is 501 g/mol. The van der Waals surface area contributed by atoms with Gasteiger partial charge in [0.2, 0.25) is 0 Å². The molecule has 4 N–H and O–H groups in total. The van der Waals surface area contributed by atoms with E-state index in [1.54, 1.807) is 18.2 Å². The third-order valence-corrected chi connectivity index (χ3v) is 6.33. The lowest BCUT2D eigenvalue weighted by Gasteiger charge is -2.08. The molecule has 0 unspecified atom stereocenters. The maximum atomic E-state index is 14.3. The first-order chi connectivity index (χ1) is 18.0. The fourth-order valence-electron chi connectivity index (χ4n) is 4.45. The Balaban J connectivity index is 1.25. The minimum Gasteiger partial charge on any atom is -0.362 e. The van der Waals surface area contributed by atoms with Gasteiger partial charge in [0.05, 0.1) is 5.71 Å². The molecular weight excluding hydrogens is 476 g/mol. The van der Waals surface area contributed by atoms with Crippen molar-refractivity contribution < 1.29 is 13.6 Å². The topological polar surface area (TPSA) is 119 Å². The van der Waals surface area contributed by atoms with E-state index >= 15 is 0 Å². The number of aromatic amines is 1. The van der Waals surface area contributed by atoms with E-state index in [4.69, 9.17) is 5.41 Å². The van der Waals surface area contributed by atoms with Gasteiger partial charge in [0, 0.05) is 29.9 Å². The Morgan fingerprint density at radius 3 is 2.65 bits per heavy atom. The Kier molecular flexibility index (Phi) is 6.98. The Morgan fingerprint density at radius 1 is 1.08 bits per heavy atom. The lowest BCUT2D eigenvalue weighted by molar-refractivity contribution is 0.0947. The number of fused-ring (bicyclic) bond motifs is 1. The molecule has 0 aliphatic heterocycles. The largest absolute Gasteiger partial charge is 0.362 e. The number of carbonyl (C=O) groups excluding carboxylic acids is 1. The second kappa shape index (κ2) is 10.7. The predicted molar refractivity (Wildman–Crippen MR) is 136 cm³/mol. The lowest BCUT2D eigenvalue weighted by atomic mass is 10.1. The van der Waals surface area contributed by atoms with Gasteiger partial charge in [0.1, 0.15) is 29.3 Å². The molecule has 1 fully saturated rings. The summed E-state index contributed by atoms with van der Waals surface area (Å²) in [4.78, 5) is 29.1. The molecular formula is C27H25F2N7O. The smallest absolute Gasteiger partial charge is 0.272 e. The van der Waals surface area contributed by atoms with Gasteiger partial charge in [-0.05, 0) is 66.9 Å². The van der Waals surface area contributed by atoms with Crippen LogP contribution < -0.4 is 10.6 Å². The molecule has 0 atom stereocenters. The number of hydrogen-bond acceptors (Lipinski definition) is 6. The summed E-state index contributed by atoms with van der Waals surface area (Å²) >= 11 is 0. The van der Waals surface area contributed by atoms with Crippen LogP contribution in [0, 0.1) is 17.0 Å². The minimum absolute atomic E-state index is 0.0452. The molecule has 1 aliphatic carbocycles. The number of nitrogens with zero attached hydrogens (tertiary/aromatic N) is 3. The molecule has 1 amide bonds. The quantitative estimate of drug-likeness (QED) is 0.247. The van der Waals surface area contributed by atoms with E-state index in [9.17, 15) is 13.6 Å². The zero-order valence-corrected chi connectivity index (χ0v) is 19.9. The van der Waals surface area contributed by atoms with Gasteiger partial charge in [-0.25, -0.2) is 23.7 Å². The predicted octanol–water partition coefficient (Wildman–Crippen LogP) is 5.21. The third-order valence-electron chi connectivity index (χ3n) is 6.33. The van der Waals surface area contributed by atoms with Crippen LogP contribution in [0.5, 0.6) is 0 Å². The highest BCUT2D eigenvalue weighted by Crippen LogP contribution is 2.33. The Bertz CT molecular complexity index is 1470. The van der Waals surface area contributed by atoms with Crippen LogP contribution in [0.1, 0.15) is 59.0 Å². The van der Waals surface area contributed by atoms with Crippen molar-refractivity contribution >= 4 is 28.5 Å². The lowest BCUT2D eigenvalue weighted by Crippen LogP contribution is -2.24. The first-order valence-corrected chi connectivity index (χ1v) is 12.0. The van der Waals surface area contributed by atoms with Crippen molar-refractivity contribution in [3.05, 3.63) is 95.3 Å². The number of amides is 1. The molecule has 2 heterocycles. The zero-order valence-electron chi connectivity index (χ0n) is 19.9. The minimum atomic E-state index is -0.523. The SMILES string of the molecule is N=C(/C=C\Nc1ccc(F)cc1)c1cc(F)cc(CNC(=O)c2ncnc3nc(C4CCCC4)[nH]c23)c1. The number of H-pyrrole nitrogens is 1. The standard InChI is InChI=1S/C27H25F2N7O/c28-19-5-7-21(8-6-19)31-10-9-22(30)18-11-16(12-20(29)13-18)14-32-27(37)24-23-26(34-15-33-24)36-25(35-23)17-3-1-2-4-17/h5-13,15,17,30-31H,1-4,14H2,(H,32,37)(H,33,34,35,36)/b10-9-,30-22?. The summed E-state index contributed by atoms with van der Waals surface area (Å²) in [7, 11) is 0. The van der Waals surface area contributed by atoms with Crippen molar-refractivity contribution in [2.75, 3.05) is 5.32 Å². The summed E-state index contributed by atoms with van der Waals surface area (Å²) in [6.07, 6.45) is 8.74. The number of anilines is 1. The second-order valence-electron chi connectivity index (χ2n) is 8.95. The number of nitrogens with one attached hydrogen (secondary N) is 4. The van der Waals surface area contributed by atoms with Crippen LogP contribution in [0.15, 0.2) is 61.1 Å². The third kappa shape index (κ3) is 5.69.